The normalized spacial score (nSPS) is 10.5. The second-order valence-corrected chi connectivity index (χ2v) is 12.0. The van der Waals surface area contributed by atoms with Crippen LogP contribution in [0.1, 0.15) is 13.8 Å². The molecule has 0 aromatic heterocycles. The van der Waals surface area contributed by atoms with Crippen LogP contribution >= 0.6 is 0 Å². The fraction of sp³-hybridized carbons (Fsp3) is 0.140. The number of carbonyl (C=O) groups is 1. The molecule has 0 atom stereocenters. The van der Waals surface area contributed by atoms with Crippen molar-refractivity contribution in [2.24, 2.45) is 0 Å². The lowest BCUT2D eigenvalue weighted by molar-refractivity contribution is -0.130. The number of allylic oxidation sites excluding steroid dienone is 1. The van der Waals surface area contributed by atoms with Crippen LogP contribution in [-0.4, -0.2) is 33.2 Å². The summed E-state index contributed by atoms with van der Waals surface area (Å²) in [5.74, 6) is 2.15. The largest absolute Gasteiger partial charge is 0.492 e. The third kappa shape index (κ3) is 9.08. The Hall–Kier alpha value is -6.01. The molecule has 0 unspecified atom stereocenters. The molecule has 0 aliphatic carbocycles. The van der Waals surface area contributed by atoms with E-state index in [1.807, 2.05) is 69.6 Å². The van der Waals surface area contributed by atoms with Gasteiger partial charge >= 0.3 is 5.97 Å². The van der Waals surface area contributed by atoms with Crippen molar-refractivity contribution in [1.29, 1.82) is 0 Å². The second kappa shape index (κ2) is 15.7. The molecule has 5 aromatic carbocycles. The molecule has 0 N–H and O–H groups in total. The lowest BCUT2D eigenvalue weighted by atomic mass is 10.0. The first kappa shape index (κ1) is 34.3. The van der Waals surface area contributed by atoms with Crippen molar-refractivity contribution in [1.82, 2.24) is 0 Å². The third-order valence-corrected chi connectivity index (χ3v) is 7.95. The summed E-state index contributed by atoms with van der Waals surface area (Å²) >= 11 is 0. The van der Waals surface area contributed by atoms with Crippen LogP contribution in [0.15, 0.2) is 158 Å². The Labute approximate surface area is 289 Å². The van der Waals surface area contributed by atoms with Crippen molar-refractivity contribution < 1.29 is 19.0 Å². The van der Waals surface area contributed by atoms with E-state index in [1.165, 1.54) is 0 Å². The van der Waals surface area contributed by atoms with Crippen LogP contribution in [-0.2, 0) is 4.79 Å². The maximum absolute atomic E-state index is 11.9. The highest BCUT2D eigenvalue weighted by molar-refractivity contribution is 5.88. The molecule has 0 saturated heterocycles. The van der Waals surface area contributed by atoms with Gasteiger partial charge in [0.2, 0.25) is 0 Å². The van der Waals surface area contributed by atoms with E-state index in [0.717, 1.165) is 56.4 Å². The average molecular weight is 651 g/mol. The molecule has 0 aliphatic heterocycles. The molecule has 6 heteroatoms. The van der Waals surface area contributed by atoms with Gasteiger partial charge in [0.25, 0.3) is 0 Å². The zero-order valence-corrected chi connectivity index (χ0v) is 28.6. The van der Waals surface area contributed by atoms with Gasteiger partial charge in [0.1, 0.15) is 29.6 Å². The number of carbonyl (C=O) groups excluding carboxylic acids is 1. The molecular formula is C43H42N2O4. The number of nitrogens with zero attached hydrogens (tertiary/aromatic N) is 2. The monoisotopic (exact) mass is 650 g/mol. The van der Waals surface area contributed by atoms with Crippen molar-refractivity contribution >= 4 is 23.0 Å². The van der Waals surface area contributed by atoms with Crippen LogP contribution in [0.4, 0.5) is 17.1 Å². The molecule has 0 fully saturated rings. The van der Waals surface area contributed by atoms with E-state index in [2.05, 4.69) is 90.2 Å². The maximum atomic E-state index is 11.9. The molecule has 0 heterocycles. The fourth-order valence-electron chi connectivity index (χ4n) is 5.02. The van der Waals surface area contributed by atoms with Gasteiger partial charge in [-0.15, -0.1) is 0 Å². The lowest BCUT2D eigenvalue weighted by Crippen LogP contribution is -2.23. The summed E-state index contributed by atoms with van der Waals surface area (Å²) in [4.78, 5) is 16.2. The SMILES string of the molecule is C=C(C)C(=C)Oc1ccc(-c2ccc(N(CCOc3ccc(N(C)C)cc3)c3ccc(-c4ccc(OC(=O)C(=C)C)cc4)cc3)cc2)cc1. The van der Waals surface area contributed by atoms with Crippen molar-refractivity contribution in [2.45, 2.75) is 13.8 Å². The molecule has 0 radical (unpaired) electrons. The van der Waals surface area contributed by atoms with E-state index in [9.17, 15) is 4.79 Å². The van der Waals surface area contributed by atoms with Crippen molar-refractivity contribution in [3.05, 3.63) is 158 Å². The van der Waals surface area contributed by atoms with Gasteiger partial charge in [-0.2, -0.15) is 0 Å². The Balaban J connectivity index is 1.34. The van der Waals surface area contributed by atoms with Crippen LogP contribution in [0, 0.1) is 0 Å². The zero-order valence-electron chi connectivity index (χ0n) is 28.6. The molecular weight excluding hydrogens is 608 g/mol. The number of hydrogen-bond acceptors (Lipinski definition) is 6. The molecule has 0 bridgehead atoms. The van der Waals surface area contributed by atoms with Crippen LogP contribution in [0.2, 0.25) is 0 Å². The van der Waals surface area contributed by atoms with Gasteiger partial charge in [-0.05, 0) is 114 Å². The van der Waals surface area contributed by atoms with E-state index >= 15 is 0 Å². The first-order chi connectivity index (χ1) is 23.6. The second-order valence-electron chi connectivity index (χ2n) is 12.0. The summed E-state index contributed by atoms with van der Waals surface area (Å²) in [5, 5.41) is 0. The number of hydrogen-bond donors (Lipinski definition) is 0. The van der Waals surface area contributed by atoms with Crippen LogP contribution in [0.25, 0.3) is 22.3 Å². The molecule has 0 spiro atoms. The Morgan fingerprint density at radius 3 is 1.33 bits per heavy atom. The summed E-state index contributed by atoms with van der Waals surface area (Å²) < 4.78 is 17.3. The van der Waals surface area contributed by atoms with E-state index in [4.69, 9.17) is 14.2 Å². The van der Waals surface area contributed by atoms with E-state index in [-0.39, 0.29) is 0 Å². The summed E-state index contributed by atoms with van der Waals surface area (Å²) in [6.45, 7) is 16.1. The van der Waals surface area contributed by atoms with Gasteiger partial charge in [-0.3, -0.25) is 0 Å². The van der Waals surface area contributed by atoms with E-state index < -0.39 is 5.97 Å². The van der Waals surface area contributed by atoms with Gasteiger partial charge in [0, 0.05) is 36.7 Å². The molecule has 5 rings (SSSR count). The van der Waals surface area contributed by atoms with Crippen LogP contribution in [0.3, 0.4) is 0 Å². The third-order valence-electron chi connectivity index (χ3n) is 7.95. The summed E-state index contributed by atoms with van der Waals surface area (Å²) in [6, 6.07) is 40.5. The van der Waals surface area contributed by atoms with Crippen molar-refractivity contribution in [3.8, 4) is 39.5 Å². The predicted octanol–water partition coefficient (Wildman–Crippen LogP) is 10.3. The number of esters is 1. The minimum atomic E-state index is -0.437. The number of anilines is 3. The van der Waals surface area contributed by atoms with Gasteiger partial charge in [0.15, 0.2) is 0 Å². The molecule has 0 saturated carbocycles. The minimum Gasteiger partial charge on any atom is -0.492 e. The van der Waals surface area contributed by atoms with Crippen molar-refractivity contribution in [3.63, 3.8) is 0 Å². The minimum absolute atomic E-state index is 0.358. The lowest BCUT2D eigenvalue weighted by Gasteiger charge is -2.26. The summed E-state index contributed by atoms with van der Waals surface area (Å²) in [6.07, 6.45) is 0. The molecule has 49 heavy (non-hydrogen) atoms. The molecule has 0 aliphatic rings. The first-order valence-electron chi connectivity index (χ1n) is 16.1. The first-order valence-corrected chi connectivity index (χ1v) is 16.1. The number of benzene rings is 5. The van der Waals surface area contributed by atoms with E-state index in [0.29, 0.717) is 30.2 Å². The quantitative estimate of drug-likeness (QED) is 0.0392. The van der Waals surface area contributed by atoms with Gasteiger partial charge < -0.3 is 24.0 Å². The highest BCUT2D eigenvalue weighted by Crippen LogP contribution is 2.32. The standard InChI is InChI=1S/C43H42N2O4/c1-30(2)32(5)48-41-22-12-35(13-23-41)33-8-16-38(17-9-33)45(28-29-47-40-26-20-37(21-27-40)44(6)7)39-18-10-34(11-19-39)36-14-24-42(25-15-36)49-43(46)31(3)4/h8-27H,1,3,5,28-29H2,2,4,6-7H3. The van der Waals surface area contributed by atoms with Crippen molar-refractivity contribution in [2.75, 3.05) is 37.0 Å². The van der Waals surface area contributed by atoms with Crippen LogP contribution in [0.5, 0.6) is 17.2 Å². The summed E-state index contributed by atoms with van der Waals surface area (Å²) in [7, 11) is 4.04. The molecule has 6 nitrogen and oxygen atoms in total. The van der Waals surface area contributed by atoms with Gasteiger partial charge in [0.05, 0.1) is 6.54 Å². The Kier molecular flexibility index (Phi) is 11.0. The number of ether oxygens (including phenoxy) is 3. The highest BCUT2D eigenvalue weighted by Gasteiger charge is 2.12. The zero-order chi connectivity index (χ0) is 34.9. The Morgan fingerprint density at radius 2 is 0.918 bits per heavy atom. The maximum Gasteiger partial charge on any atom is 0.338 e. The number of rotatable bonds is 14. The Bertz CT molecular complexity index is 1790. The smallest absolute Gasteiger partial charge is 0.338 e. The van der Waals surface area contributed by atoms with Crippen LogP contribution < -0.4 is 24.0 Å². The van der Waals surface area contributed by atoms with Gasteiger partial charge in [-0.25, -0.2) is 4.79 Å². The van der Waals surface area contributed by atoms with Gasteiger partial charge in [-0.1, -0.05) is 68.3 Å². The topological polar surface area (TPSA) is 51.2 Å². The van der Waals surface area contributed by atoms with E-state index in [1.54, 1.807) is 19.1 Å². The molecule has 5 aromatic rings. The summed E-state index contributed by atoms with van der Waals surface area (Å²) in [5.41, 5.74) is 8.60. The Morgan fingerprint density at radius 1 is 0.531 bits per heavy atom. The highest BCUT2D eigenvalue weighted by atomic mass is 16.5. The predicted molar refractivity (Wildman–Crippen MR) is 202 cm³/mol. The molecule has 248 valence electrons. The average Bonchev–Trinajstić information content (AvgIpc) is 3.11. The fourth-order valence-corrected chi connectivity index (χ4v) is 5.02. The molecule has 0 amide bonds.